The molecule has 5 nitrogen and oxygen atoms in total. The Hall–Kier alpha value is -2.86. The van der Waals surface area contributed by atoms with Gasteiger partial charge in [-0.3, -0.25) is 4.98 Å². The molecule has 1 aliphatic heterocycles. The molecule has 3 aromatic rings. The number of halogens is 1. The van der Waals surface area contributed by atoms with Crippen LogP contribution in [0.1, 0.15) is 12.8 Å². The Balaban J connectivity index is 1.81. The lowest BCUT2D eigenvalue weighted by molar-refractivity contribution is 0.145. The number of hydrogen-bond donors (Lipinski definition) is 1. The van der Waals surface area contributed by atoms with Gasteiger partial charge in [-0.15, -0.1) is 0 Å². The number of anilines is 1. The van der Waals surface area contributed by atoms with Crippen molar-refractivity contribution < 1.29 is 9.50 Å². The van der Waals surface area contributed by atoms with E-state index in [9.17, 15) is 9.50 Å². The second-order valence-corrected chi connectivity index (χ2v) is 6.37. The van der Waals surface area contributed by atoms with Crippen molar-refractivity contribution >= 4 is 5.82 Å². The zero-order chi connectivity index (χ0) is 17.9. The van der Waals surface area contributed by atoms with Gasteiger partial charge in [-0.1, -0.05) is 12.1 Å². The molecule has 0 amide bonds. The predicted octanol–water partition coefficient (Wildman–Crippen LogP) is 3.31. The zero-order valence-electron chi connectivity index (χ0n) is 14.2. The molecule has 0 radical (unpaired) electrons. The van der Waals surface area contributed by atoms with Crippen molar-refractivity contribution in [1.29, 1.82) is 0 Å². The fourth-order valence-electron chi connectivity index (χ4n) is 3.13. The highest BCUT2D eigenvalue weighted by Crippen LogP contribution is 2.28. The number of aliphatic hydroxyl groups excluding tert-OH is 1. The van der Waals surface area contributed by atoms with Crippen molar-refractivity contribution in [2.45, 2.75) is 18.9 Å². The quantitative estimate of drug-likeness (QED) is 0.785. The first kappa shape index (κ1) is 16.6. The van der Waals surface area contributed by atoms with Crippen molar-refractivity contribution in [2.24, 2.45) is 0 Å². The number of rotatable bonds is 3. The zero-order valence-corrected chi connectivity index (χ0v) is 14.2. The fraction of sp³-hybridized carbons (Fsp3) is 0.250. The van der Waals surface area contributed by atoms with Crippen molar-refractivity contribution in [3.05, 3.63) is 60.7 Å². The van der Waals surface area contributed by atoms with Gasteiger partial charge in [0.1, 0.15) is 11.6 Å². The van der Waals surface area contributed by atoms with E-state index in [0.717, 1.165) is 11.4 Å². The summed E-state index contributed by atoms with van der Waals surface area (Å²) >= 11 is 0. The number of aromatic nitrogens is 3. The Kier molecular flexibility index (Phi) is 4.58. The Labute approximate surface area is 151 Å². The van der Waals surface area contributed by atoms with E-state index in [1.165, 1.54) is 6.07 Å². The van der Waals surface area contributed by atoms with Crippen LogP contribution in [-0.2, 0) is 0 Å². The molecule has 0 atom stereocenters. The summed E-state index contributed by atoms with van der Waals surface area (Å²) in [6, 6.07) is 12.1. The van der Waals surface area contributed by atoms with E-state index in [0.29, 0.717) is 43.0 Å². The van der Waals surface area contributed by atoms with Gasteiger partial charge in [0.05, 0.1) is 11.8 Å². The summed E-state index contributed by atoms with van der Waals surface area (Å²) in [6.07, 6.45) is 4.50. The summed E-state index contributed by atoms with van der Waals surface area (Å²) in [5.41, 5.74) is 1.83. The molecule has 0 spiro atoms. The lowest BCUT2D eigenvalue weighted by Gasteiger charge is -2.30. The minimum atomic E-state index is -0.313. The van der Waals surface area contributed by atoms with Gasteiger partial charge in [0.15, 0.2) is 5.82 Å². The monoisotopic (exact) mass is 350 g/mol. The van der Waals surface area contributed by atoms with Crippen LogP contribution in [0.25, 0.3) is 22.6 Å². The molecule has 26 heavy (non-hydrogen) atoms. The summed E-state index contributed by atoms with van der Waals surface area (Å²) in [4.78, 5) is 15.4. The maximum atomic E-state index is 14.3. The molecule has 4 rings (SSSR count). The standard InChI is InChI=1S/C20H19FN4O/c21-17-4-2-1-3-16(17)18-13-19(25-11-7-15(26)8-12-25)24-20(23-18)14-5-9-22-10-6-14/h1-6,9-10,13,15,26H,7-8,11-12H2. The third kappa shape index (κ3) is 3.41. The van der Waals surface area contributed by atoms with Gasteiger partial charge in [-0.25, -0.2) is 14.4 Å². The van der Waals surface area contributed by atoms with Gasteiger partial charge >= 0.3 is 0 Å². The van der Waals surface area contributed by atoms with Crippen LogP contribution >= 0.6 is 0 Å². The van der Waals surface area contributed by atoms with Crippen LogP contribution in [0.2, 0.25) is 0 Å². The molecule has 0 bridgehead atoms. The minimum absolute atomic E-state index is 0.265. The lowest BCUT2D eigenvalue weighted by Crippen LogP contribution is -2.36. The van der Waals surface area contributed by atoms with Gasteiger partial charge in [0, 0.05) is 42.7 Å². The molecule has 0 saturated carbocycles. The predicted molar refractivity (Wildman–Crippen MR) is 98.1 cm³/mol. The van der Waals surface area contributed by atoms with E-state index >= 15 is 0 Å². The fourth-order valence-corrected chi connectivity index (χ4v) is 3.13. The SMILES string of the molecule is OC1CCN(c2cc(-c3ccccc3F)nc(-c3ccncc3)n2)CC1. The number of aliphatic hydroxyl groups is 1. The first-order valence-corrected chi connectivity index (χ1v) is 8.68. The van der Waals surface area contributed by atoms with E-state index in [1.807, 2.05) is 18.2 Å². The van der Waals surface area contributed by atoms with E-state index in [2.05, 4.69) is 14.9 Å². The minimum Gasteiger partial charge on any atom is -0.393 e. The van der Waals surface area contributed by atoms with Gasteiger partial charge in [-0.2, -0.15) is 0 Å². The number of nitrogens with zero attached hydrogens (tertiary/aromatic N) is 4. The maximum absolute atomic E-state index is 14.3. The highest BCUT2D eigenvalue weighted by Gasteiger charge is 2.20. The molecule has 1 aromatic carbocycles. The molecule has 0 aliphatic carbocycles. The molecular formula is C20H19FN4O. The van der Waals surface area contributed by atoms with Gasteiger partial charge in [-0.05, 0) is 37.1 Å². The highest BCUT2D eigenvalue weighted by molar-refractivity contribution is 5.68. The Morgan fingerprint density at radius 2 is 1.73 bits per heavy atom. The van der Waals surface area contributed by atoms with Crippen LogP contribution in [0.4, 0.5) is 10.2 Å². The van der Waals surface area contributed by atoms with Crippen LogP contribution in [0.15, 0.2) is 54.9 Å². The lowest BCUT2D eigenvalue weighted by atomic mass is 10.1. The Morgan fingerprint density at radius 1 is 1.00 bits per heavy atom. The van der Waals surface area contributed by atoms with Gasteiger partial charge < -0.3 is 10.0 Å². The van der Waals surface area contributed by atoms with Crippen molar-refractivity contribution in [1.82, 2.24) is 15.0 Å². The topological polar surface area (TPSA) is 62.1 Å². The third-order valence-electron chi connectivity index (χ3n) is 4.59. The molecule has 0 unspecified atom stereocenters. The van der Waals surface area contributed by atoms with Crippen LogP contribution in [0.5, 0.6) is 0 Å². The first-order chi connectivity index (χ1) is 12.7. The summed E-state index contributed by atoms with van der Waals surface area (Å²) in [6.45, 7) is 1.43. The molecular weight excluding hydrogens is 331 g/mol. The molecule has 132 valence electrons. The third-order valence-corrected chi connectivity index (χ3v) is 4.59. The van der Waals surface area contributed by atoms with Crippen LogP contribution in [0, 0.1) is 5.82 Å². The van der Waals surface area contributed by atoms with Crippen molar-refractivity contribution in [3.63, 3.8) is 0 Å². The molecule has 1 aliphatic rings. The molecule has 2 aromatic heterocycles. The number of piperidine rings is 1. The van der Waals surface area contributed by atoms with E-state index in [-0.39, 0.29) is 11.9 Å². The Morgan fingerprint density at radius 3 is 2.46 bits per heavy atom. The summed E-state index contributed by atoms with van der Waals surface area (Å²) in [7, 11) is 0. The average molecular weight is 350 g/mol. The molecule has 3 heterocycles. The highest BCUT2D eigenvalue weighted by atomic mass is 19.1. The van der Waals surface area contributed by atoms with Crippen LogP contribution in [-0.4, -0.2) is 39.3 Å². The van der Waals surface area contributed by atoms with Gasteiger partial charge in [0.25, 0.3) is 0 Å². The second-order valence-electron chi connectivity index (χ2n) is 6.37. The van der Waals surface area contributed by atoms with E-state index in [4.69, 9.17) is 4.98 Å². The average Bonchev–Trinajstić information content (AvgIpc) is 2.69. The van der Waals surface area contributed by atoms with Crippen LogP contribution < -0.4 is 4.90 Å². The Bertz CT molecular complexity index is 895. The van der Waals surface area contributed by atoms with Crippen molar-refractivity contribution in [2.75, 3.05) is 18.0 Å². The van der Waals surface area contributed by atoms with Gasteiger partial charge in [0.2, 0.25) is 0 Å². The smallest absolute Gasteiger partial charge is 0.162 e. The molecule has 1 N–H and O–H groups in total. The van der Waals surface area contributed by atoms with E-state index in [1.54, 1.807) is 30.6 Å². The normalized spacial score (nSPS) is 15.2. The summed E-state index contributed by atoms with van der Waals surface area (Å²) in [5.74, 6) is 0.970. The second kappa shape index (κ2) is 7.17. The van der Waals surface area contributed by atoms with Crippen molar-refractivity contribution in [3.8, 4) is 22.6 Å². The van der Waals surface area contributed by atoms with Crippen LogP contribution in [0.3, 0.4) is 0 Å². The first-order valence-electron chi connectivity index (χ1n) is 8.68. The molecule has 1 saturated heterocycles. The van der Waals surface area contributed by atoms with E-state index < -0.39 is 0 Å². The molecule has 1 fully saturated rings. The maximum Gasteiger partial charge on any atom is 0.162 e. The summed E-state index contributed by atoms with van der Waals surface area (Å²) in [5, 5.41) is 9.76. The molecule has 6 heteroatoms. The number of hydrogen-bond acceptors (Lipinski definition) is 5. The summed E-state index contributed by atoms with van der Waals surface area (Å²) < 4.78 is 14.3. The largest absolute Gasteiger partial charge is 0.393 e. The number of benzene rings is 1. The number of pyridine rings is 1.